The minimum absolute atomic E-state index is 0.0699. The van der Waals surface area contributed by atoms with Gasteiger partial charge in [0.1, 0.15) is 23.8 Å². The molecule has 38 heavy (non-hydrogen) atoms. The number of methoxy groups -OCH3 is 1. The van der Waals surface area contributed by atoms with Crippen molar-refractivity contribution >= 4 is 45.3 Å². The van der Waals surface area contributed by atoms with Crippen LogP contribution in [0.15, 0.2) is 52.6 Å². The number of rotatable bonds is 8. The standard InChI is InChI=1S/C27H24ClFN4O4S/c1-36-22-11-16(9-10-21(22)37-14-18-19(28)6-4-7-20(18)29)12-31-32-24(34)13-33-15-30-26-25(27(33)35)17-5-2-3-8-23(17)38-26/h4,6-7,9-12,15H,2-3,5,8,13-14H2,1H3,(H,32,34). The number of benzene rings is 2. The number of nitrogens with one attached hydrogen (secondary N) is 1. The molecule has 2 aromatic heterocycles. The van der Waals surface area contributed by atoms with Crippen LogP contribution in [0.25, 0.3) is 10.2 Å². The molecule has 1 N–H and O–H groups in total. The molecule has 196 valence electrons. The van der Waals surface area contributed by atoms with Crippen molar-refractivity contribution in [3.8, 4) is 11.5 Å². The molecule has 8 nitrogen and oxygen atoms in total. The molecule has 5 rings (SSSR count). The molecule has 0 saturated carbocycles. The molecule has 1 aliphatic rings. The van der Waals surface area contributed by atoms with Gasteiger partial charge in [-0.1, -0.05) is 17.7 Å². The Labute approximate surface area is 226 Å². The number of aryl methyl sites for hydroxylation is 2. The molecule has 0 radical (unpaired) electrons. The van der Waals surface area contributed by atoms with Crippen molar-refractivity contribution in [3.63, 3.8) is 0 Å². The fourth-order valence-corrected chi connectivity index (χ4v) is 5.80. The topological polar surface area (TPSA) is 94.8 Å². The van der Waals surface area contributed by atoms with Crippen molar-refractivity contribution in [1.29, 1.82) is 0 Å². The Kier molecular flexibility index (Phi) is 7.71. The fraction of sp³-hybridized carbons (Fsp3) is 0.259. The van der Waals surface area contributed by atoms with Gasteiger partial charge >= 0.3 is 0 Å². The van der Waals surface area contributed by atoms with E-state index in [2.05, 4.69) is 15.5 Å². The molecule has 0 atom stereocenters. The third kappa shape index (κ3) is 5.41. The summed E-state index contributed by atoms with van der Waals surface area (Å²) in [6.45, 7) is -0.266. The van der Waals surface area contributed by atoms with E-state index in [1.54, 1.807) is 35.6 Å². The monoisotopic (exact) mass is 554 g/mol. The average molecular weight is 555 g/mol. The lowest BCUT2D eigenvalue weighted by molar-refractivity contribution is -0.121. The zero-order valence-electron chi connectivity index (χ0n) is 20.5. The van der Waals surface area contributed by atoms with E-state index >= 15 is 0 Å². The quantitative estimate of drug-likeness (QED) is 0.248. The third-order valence-electron chi connectivity index (χ3n) is 6.28. The van der Waals surface area contributed by atoms with Crippen LogP contribution in [0.4, 0.5) is 4.39 Å². The van der Waals surface area contributed by atoms with Gasteiger partial charge in [-0.3, -0.25) is 14.2 Å². The van der Waals surface area contributed by atoms with Crippen molar-refractivity contribution in [2.75, 3.05) is 7.11 Å². The molecule has 2 heterocycles. The summed E-state index contributed by atoms with van der Waals surface area (Å²) in [7, 11) is 1.48. The molecule has 4 aromatic rings. The van der Waals surface area contributed by atoms with E-state index in [4.69, 9.17) is 21.1 Å². The predicted molar refractivity (Wildman–Crippen MR) is 145 cm³/mol. The van der Waals surface area contributed by atoms with E-state index in [9.17, 15) is 14.0 Å². The Hall–Kier alpha value is -3.76. The van der Waals surface area contributed by atoms with Gasteiger partial charge < -0.3 is 9.47 Å². The minimum Gasteiger partial charge on any atom is -0.493 e. The number of hydrogen-bond acceptors (Lipinski definition) is 7. The summed E-state index contributed by atoms with van der Waals surface area (Å²) in [4.78, 5) is 31.9. The maximum Gasteiger partial charge on any atom is 0.262 e. The van der Waals surface area contributed by atoms with Crippen LogP contribution < -0.4 is 20.5 Å². The SMILES string of the molecule is COc1cc(C=NNC(=O)Cn2cnc3sc4c(c3c2=O)CCCC4)ccc1OCc1c(F)cccc1Cl. The van der Waals surface area contributed by atoms with Gasteiger partial charge in [0, 0.05) is 10.4 Å². The van der Waals surface area contributed by atoms with E-state index in [-0.39, 0.29) is 29.3 Å². The first kappa shape index (κ1) is 25.9. The molecule has 0 aliphatic heterocycles. The van der Waals surface area contributed by atoms with Gasteiger partial charge in [0.25, 0.3) is 11.5 Å². The summed E-state index contributed by atoms with van der Waals surface area (Å²) >= 11 is 7.63. The maximum atomic E-state index is 14.0. The second kappa shape index (κ2) is 11.3. The second-order valence-electron chi connectivity index (χ2n) is 8.76. The zero-order valence-corrected chi connectivity index (χ0v) is 22.1. The van der Waals surface area contributed by atoms with Gasteiger partial charge in [-0.2, -0.15) is 5.10 Å². The molecule has 11 heteroatoms. The molecule has 1 aliphatic carbocycles. The molecule has 0 saturated heterocycles. The highest BCUT2D eigenvalue weighted by molar-refractivity contribution is 7.18. The van der Waals surface area contributed by atoms with E-state index in [0.717, 1.165) is 36.1 Å². The van der Waals surface area contributed by atoms with Crippen LogP contribution in [0.2, 0.25) is 5.02 Å². The third-order valence-corrected chi connectivity index (χ3v) is 7.83. The molecule has 1 amide bonds. The smallest absolute Gasteiger partial charge is 0.262 e. The van der Waals surface area contributed by atoms with E-state index in [0.29, 0.717) is 22.4 Å². The van der Waals surface area contributed by atoms with Crippen LogP contribution in [0.5, 0.6) is 11.5 Å². The average Bonchev–Trinajstić information content (AvgIpc) is 3.30. The summed E-state index contributed by atoms with van der Waals surface area (Å²) in [5.74, 6) is -0.116. The number of fused-ring (bicyclic) bond motifs is 3. The highest BCUT2D eigenvalue weighted by atomic mass is 35.5. The van der Waals surface area contributed by atoms with Crippen LogP contribution in [0.3, 0.4) is 0 Å². The first-order valence-corrected chi connectivity index (χ1v) is 13.2. The first-order chi connectivity index (χ1) is 18.4. The van der Waals surface area contributed by atoms with Gasteiger partial charge in [0.05, 0.1) is 30.1 Å². The van der Waals surface area contributed by atoms with Crippen LogP contribution in [-0.4, -0.2) is 28.8 Å². The Morgan fingerprint density at radius 2 is 2.11 bits per heavy atom. The summed E-state index contributed by atoms with van der Waals surface area (Å²) in [5, 5.41) is 4.90. The van der Waals surface area contributed by atoms with Crippen LogP contribution in [0, 0.1) is 5.82 Å². The molecule has 0 spiro atoms. The Morgan fingerprint density at radius 3 is 2.92 bits per heavy atom. The molecular formula is C27H24ClFN4O4S. The second-order valence-corrected chi connectivity index (χ2v) is 10.3. The Bertz CT molecular complexity index is 1580. The van der Waals surface area contributed by atoms with Gasteiger partial charge in [-0.15, -0.1) is 11.3 Å². The summed E-state index contributed by atoms with van der Waals surface area (Å²) < 4.78 is 26.4. The number of halogens is 2. The van der Waals surface area contributed by atoms with Crippen molar-refractivity contribution in [1.82, 2.24) is 15.0 Å². The highest BCUT2D eigenvalue weighted by Crippen LogP contribution is 2.33. The van der Waals surface area contributed by atoms with Crippen molar-refractivity contribution in [2.45, 2.75) is 38.8 Å². The summed E-state index contributed by atoms with van der Waals surface area (Å²) in [6.07, 6.45) is 6.88. The fourth-order valence-electron chi connectivity index (χ4n) is 4.37. The van der Waals surface area contributed by atoms with Gasteiger partial charge in [-0.05, 0) is 67.1 Å². The van der Waals surface area contributed by atoms with Crippen LogP contribution >= 0.6 is 22.9 Å². The lowest BCUT2D eigenvalue weighted by Gasteiger charge is -2.12. The number of carbonyl (C=O) groups is 1. The number of nitrogens with zero attached hydrogens (tertiary/aromatic N) is 3. The van der Waals surface area contributed by atoms with Crippen molar-refractivity contribution < 1.29 is 18.7 Å². The molecule has 0 fully saturated rings. The van der Waals surface area contributed by atoms with E-state index in [1.165, 1.54) is 41.2 Å². The van der Waals surface area contributed by atoms with E-state index in [1.807, 2.05) is 0 Å². The van der Waals surface area contributed by atoms with Gasteiger partial charge in [0.15, 0.2) is 11.5 Å². The number of hydrazone groups is 1. The maximum absolute atomic E-state index is 14.0. The minimum atomic E-state index is -0.456. The Morgan fingerprint density at radius 1 is 1.26 bits per heavy atom. The normalized spacial score (nSPS) is 13.0. The van der Waals surface area contributed by atoms with Crippen molar-refractivity contribution in [2.24, 2.45) is 5.10 Å². The largest absolute Gasteiger partial charge is 0.493 e. The van der Waals surface area contributed by atoms with Crippen LogP contribution in [0.1, 0.15) is 34.4 Å². The number of ether oxygens (including phenoxy) is 2. The Balaban J connectivity index is 1.23. The van der Waals surface area contributed by atoms with E-state index < -0.39 is 11.7 Å². The highest BCUT2D eigenvalue weighted by Gasteiger charge is 2.20. The molecule has 2 aromatic carbocycles. The number of hydrogen-bond donors (Lipinski definition) is 1. The number of thiophene rings is 1. The summed E-state index contributed by atoms with van der Waals surface area (Å²) in [5.41, 5.74) is 4.19. The lowest BCUT2D eigenvalue weighted by atomic mass is 9.97. The number of aromatic nitrogens is 2. The molecular weight excluding hydrogens is 531 g/mol. The first-order valence-electron chi connectivity index (χ1n) is 12.0. The predicted octanol–water partition coefficient (Wildman–Crippen LogP) is 4.87. The summed E-state index contributed by atoms with van der Waals surface area (Å²) in [6, 6.07) is 9.45. The molecule has 0 unspecified atom stereocenters. The number of carbonyl (C=O) groups excluding carboxylic acids is 1. The van der Waals surface area contributed by atoms with Gasteiger partial charge in [0.2, 0.25) is 0 Å². The van der Waals surface area contributed by atoms with Gasteiger partial charge in [-0.25, -0.2) is 14.8 Å². The number of amides is 1. The van der Waals surface area contributed by atoms with Crippen LogP contribution in [-0.2, 0) is 30.8 Å². The molecule has 0 bridgehead atoms. The van der Waals surface area contributed by atoms with Crippen molar-refractivity contribution in [3.05, 3.63) is 85.5 Å². The lowest BCUT2D eigenvalue weighted by Crippen LogP contribution is -2.30. The zero-order chi connectivity index (χ0) is 26.6.